The number of rotatable bonds is 3. The Bertz CT molecular complexity index is 1240. The molecule has 0 saturated carbocycles. The predicted octanol–water partition coefficient (Wildman–Crippen LogP) is 4.70. The van der Waals surface area contributed by atoms with Crippen molar-refractivity contribution in [3.8, 4) is 5.75 Å². The third-order valence-corrected chi connectivity index (χ3v) is 11.2. The first kappa shape index (κ1) is 26.6. The van der Waals surface area contributed by atoms with Crippen molar-refractivity contribution in [1.29, 1.82) is 0 Å². The molecule has 3 saturated heterocycles. The number of ether oxygens (including phenoxy) is 1. The van der Waals surface area contributed by atoms with Crippen molar-refractivity contribution < 1.29 is 14.6 Å². The summed E-state index contributed by atoms with van der Waals surface area (Å²) in [4.78, 5) is 23.4. The first-order chi connectivity index (χ1) is 19.0. The van der Waals surface area contributed by atoms with E-state index >= 15 is 0 Å². The van der Waals surface area contributed by atoms with Crippen LogP contribution in [-0.4, -0.2) is 87.7 Å². The molecule has 2 N–H and O–H groups in total. The van der Waals surface area contributed by atoms with Crippen molar-refractivity contribution in [3.05, 3.63) is 41.6 Å². The molecule has 0 aliphatic carbocycles. The highest BCUT2D eigenvalue weighted by Gasteiger charge is 2.30. The summed E-state index contributed by atoms with van der Waals surface area (Å²) in [5, 5.41) is 14.1. The summed E-state index contributed by atoms with van der Waals surface area (Å²) in [6.07, 6.45) is 6.40. The molecule has 6 rings (SSSR count). The Kier molecular flexibility index (Phi) is 7.82. The van der Waals surface area contributed by atoms with Gasteiger partial charge in [0.15, 0.2) is 0 Å². The van der Waals surface area contributed by atoms with Gasteiger partial charge in [-0.05, 0) is 75.4 Å². The third kappa shape index (κ3) is 5.67. The summed E-state index contributed by atoms with van der Waals surface area (Å²) in [6, 6.07) is 9.35. The molecule has 4 aliphatic rings. The maximum absolute atomic E-state index is 11.7. The number of aromatic nitrogens is 1. The summed E-state index contributed by atoms with van der Waals surface area (Å²) in [6.45, 7) is 9.91. The zero-order valence-corrected chi connectivity index (χ0v) is 24.0. The number of nitrogens with one attached hydrogen (secondary N) is 1. The first-order valence-corrected chi connectivity index (χ1v) is 16.0. The zero-order chi connectivity index (χ0) is 26.9. The highest BCUT2D eigenvalue weighted by atomic mass is 32.2. The number of fused-ring (bicyclic) bond motifs is 2. The molecule has 1 aromatic carbocycles. The molecule has 0 atom stereocenters. The number of piperidine rings is 2. The lowest BCUT2D eigenvalue weighted by Gasteiger charge is -2.41. The van der Waals surface area contributed by atoms with Gasteiger partial charge < -0.3 is 29.9 Å². The Hall–Kier alpha value is -2.62. The maximum Gasteiger partial charge on any atom is 0.219 e. The van der Waals surface area contributed by atoms with Gasteiger partial charge in [-0.15, -0.1) is 0 Å². The van der Waals surface area contributed by atoms with Crippen LogP contribution in [0.5, 0.6) is 5.75 Å². The van der Waals surface area contributed by atoms with Gasteiger partial charge in [0.25, 0.3) is 0 Å². The van der Waals surface area contributed by atoms with Crippen LogP contribution in [0.15, 0.2) is 30.5 Å². The number of hydrogen-bond acceptors (Lipinski definition) is 6. The van der Waals surface area contributed by atoms with Gasteiger partial charge in [-0.3, -0.25) is 4.79 Å². The van der Waals surface area contributed by atoms with Gasteiger partial charge >= 0.3 is 0 Å². The van der Waals surface area contributed by atoms with E-state index in [0.29, 0.717) is 23.6 Å². The molecule has 8 nitrogen and oxygen atoms in total. The minimum atomic E-state index is 0.00974. The fourth-order valence-corrected chi connectivity index (χ4v) is 8.34. The fourth-order valence-electron chi connectivity index (χ4n) is 6.67. The molecule has 2 aromatic rings. The van der Waals surface area contributed by atoms with Gasteiger partial charge in [0.1, 0.15) is 18.2 Å². The molecular formula is C30H41N5O3S. The molecule has 5 heterocycles. The van der Waals surface area contributed by atoms with Crippen molar-refractivity contribution in [2.45, 2.75) is 58.1 Å². The van der Waals surface area contributed by atoms with E-state index in [-0.39, 0.29) is 16.4 Å². The maximum atomic E-state index is 11.7. The van der Waals surface area contributed by atoms with Gasteiger partial charge in [0.2, 0.25) is 5.91 Å². The number of nitrogens with zero attached hydrogens (tertiary/aromatic N) is 4. The van der Waals surface area contributed by atoms with Crippen molar-refractivity contribution in [2.75, 3.05) is 61.0 Å². The fraction of sp³-hybridized carbons (Fsp3) is 0.567. The van der Waals surface area contributed by atoms with Crippen LogP contribution in [0.2, 0.25) is 0 Å². The molecule has 3 fully saturated rings. The number of amides is 1. The number of anilines is 3. The van der Waals surface area contributed by atoms with E-state index < -0.39 is 0 Å². The second-order valence-electron chi connectivity index (χ2n) is 11.3. The molecule has 0 spiro atoms. The number of aliphatic hydroxyl groups is 1. The van der Waals surface area contributed by atoms with E-state index in [2.05, 4.69) is 39.4 Å². The smallest absolute Gasteiger partial charge is 0.219 e. The quantitative estimate of drug-likeness (QED) is 0.535. The molecule has 0 radical (unpaired) electrons. The first-order valence-electron chi connectivity index (χ1n) is 14.4. The van der Waals surface area contributed by atoms with Crippen LogP contribution in [0.3, 0.4) is 0 Å². The van der Waals surface area contributed by atoms with E-state index in [1.54, 1.807) is 6.92 Å². The van der Waals surface area contributed by atoms with Gasteiger partial charge in [-0.2, -0.15) is 10.5 Å². The minimum Gasteiger partial charge on any atom is -0.487 e. The van der Waals surface area contributed by atoms with Gasteiger partial charge in [0.05, 0.1) is 16.3 Å². The van der Waals surface area contributed by atoms with Crippen molar-refractivity contribution in [2.24, 2.45) is 0 Å². The Labute approximate surface area is 234 Å². The molecular weight excluding hydrogens is 510 g/mol. The summed E-state index contributed by atoms with van der Waals surface area (Å²) in [5.74, 6) is 4.50. The number of carbonyl (C=O) groups is 1. The number of pyridine rings is 1. The SMILES string of the molecule is CC(=O)N1CCC(N2CCC(c3ccc4c(c3)Nc3nccc(N5CCS(=C(C)O)CC5)c3CO4)CC2)CC1. The monoisotopic (exact) mass is 551 g/mol. The number of benzene rings is 1. The van der Waals surface area contributed by atoms with Crippen LogP contribution in [-0.2, 0) is 11.4 Å². The van der Waals surface area contributed by atoms with E-state index in [1.165, 1.54) is 11.3 Å². The topological polar surface area (TPSA) is 81.2 Å². The van der Waals surface area contributed by atoms with E-state index in [4.69, 9.17) is 9.72 Å². The average molecular weight is 552 g/mol. The van der Waals surface area contributed by atoms with Crippen LogP contribution in [0.1, 0.15) is 56.6 Å². The second kappa shape index (κ2) is 11.5. The van der Waals surface area contributed by atoms with Crippen LogP contribution in [0.25, 0.3) is 0 Å². The van der Waals surface area contributed by atoms with Crippen LogP contribution < -0.4 is 15.0 Å². The molecule has 1 amide bonds. The lowest BCUT2D eigenvalue weighted by Crippen LogP contribution is -2.48. The molecule has 210 valence electrons. The van der Waals surface area contributed by atoms with Gasteiger partial charge in [0, 0.05) is 62.5 Å². The number of likely N-dealkylation sites (tertiary alicyclic amines) is 2. The number of hydrogen-bond donors (Lipinski definition) is 2. The largest absolute Gasteiger partial charge is 0.487 e. The number of aliphatic hydroxyl groups excluding tert-OH is 1. The average Bonchev–Trinajstić information content (AvgIpc) is 3.16. The molecule has 39 heavy (non-hydrogen) atoms. The van der Waals surface area contributed by atoms with Gasteiger partial charge in [-0.1, -0.05) is 6.07 Å². The molecule has 0 bridgehead atoms. The van der Waals surface area contributed by atoms with E-state index in [9.17, 15) is 9.90 Å². The lowest BCUT2D eigenvalue weighted by atomic mass is 9.87. The Morgan fingerprint density at radius 1 is 1.03 bits per heavy atom. The summed E-state index contributed by atoms with van der Waals surface area (Å²) < 4.78 is 6.32. The Balaban J connectivity index is 1.11. The van der Waals surface area contributed by atoms with E-state index in [1.807, 2.05) is 18.0 Å². The number of carbonyl (C=O) groups excluding carboxylic acids is 1. The predicted molar refractivity (Wildman–Crippen MR) is 160 cm³/mol. The highest BCUT2D eigenvalue weighted by Crippen LogP contribution is 2.40. The van der Waals surface area contributed by atoms with Gasteiger partial charge in [-0.25, -0.2) is 4.98 Å². The van der Waals surface area contributed by atoms with Crippen molar-refractivity contribution >= 4 is 38.6 Å². The van der Waals surface area contributed by atoms with Crippen molar-refractivity contribution in [1.82, 2.24) is 14.8 Å². The standard InChI is InChI=1S/C30H41N5O3S/c1-21(36)33-13-8-25(9-14-33)34-11-6-23(7-12-34)24-3-4-29-27(19-24)32-30-26(20-38-29)28(5-10-31-30)35-15-17-39(18-16-35)22(2)37/h3-5,10,19,23,25,37H,6-9,11-18,20H2,1-2H3,(H,31,32). The van der Waals surface area contributed by atoms with Crippen molar-refractivity contribution in [3.63, 3.8) is 0 Å². The second-order valence-corrected chi connectivity index (χ2v) is 13.7. The molecule has 9 heteroatoms. The Morgan fingerprint density at radius 3 is 2.46 bits per heavy atom. The molecule has 0 unspecified atom stereocenters. The molecule has 1 aromatic heterocycles. The van der Waals surface area contributed by atoms with Crippen LogP contribution in [0, 0.1) is 0 Å². The lowest BCUT2D eigenvalue weighted by molar-refractivity contribution is -0.130. The third-order valence-electron chi connectivity index (χ3n) is 9.06. The zero-order valence-electron chi connectivity index (χ0n) is 23.2. The van der Waals surface area contributed by atoms with Crippen LogP contribution in [0.4, 0.5) is 17.2 Å². The summed E-state index contributed by atoms with van der Waals surface area (Å²) in [5.41, 5.74) is 4.65. The Morgan fingerprint density at radius 2 is 1.77 bits per heavy atom. The highest BCUT2D eigenvalue weighted by molar-refractivity contribution is 8.15. The van der Waals surface area contributed by atoms with Crippen LogP contribution >= 0.6 is 10.5 Å². The minimum absolute atomic E-state index is 0.00974. The summed E-state index contributed by atoms with van der Waals surface area (Å²) >= 11 is 0. The van der Waals surface area contributed by atoms with E-state index in [0.717, 1.165) is 99.3 Å². The molecule has 4 aliphatic heterocycles. The summed E-state index contributed by atoms with van der Waals surface area (Å²) in [7, 11) is 0.00974. The normalized spacial score (nSPS) is 21.4.